The summed E-state index contributed by atoms with van der Waals surface area (Å²) in [6.07, 6.45) is 11.3. The highest BCUT2D eigenvalue weighted by molar-refractivity contribution is 5.25. The third-order valence-electron chi connectivity index (χ3n) is 4.18. The molecular weight excluding hydrogens is 232 g/mol. The second kappa shape index (κ2) is 7.49. The third kappa shape index (κ3) is 4.21. The Morgan fingerprint density at radius 2 is 1.79 bits per heavy atom. The van der Waals surface area contributed by atoms with Crippen molar-refractivity contribution in [2.24, 2.45) is 5.92 Å². The van der Waals surface area contributed by atoms with E-state index in [0.29, 0.717) is 0 Å². The molecule has 1 aliphatic carbocycles. The summed E-state index contributed by atoms with van der Waals surface area (Å²) in [7, 11) is 1.75. The number of ether oxygens (including phenoxy) is 1. The number of hydrogen-bond acceptors (Lipinski definition) is 1. The Balaban J connectivity index is 1.88. The van der Waals surface area contributed by atoms with Crippen LogP contribution in [0.15, 0.2) is 36.4 Å². The van der Waals surface area contributed by atoms with Crippen LogP contribution in [-0.4, -0.2) is 7.11 Å². The lowest BCUT2D eigenvalue weighted by Crippen LogP contribution is -2.11. The van der Waals surface area contributed by atoms with Gasteiger partial charge in [-0.15, -0.1) is 0 Å². The van der Waals surface area contributed by atoms with Gasteiger partial charge in [0.25, 0.3) is 0 Å². The molecule has 104 valence electrons. The number of methoxy groups -OCH3 is 1. The molecule has 0 N–H and O–H groups in total. The fourth-order valence-electron chi connectivity index (χ4n) is 3.03. The second-order valence-electron chi connectivity index (χ2n) is 5.62. The average Bonchev–Trinajstić information content (AvgIpc) is 2.47. The van der Waals surface area contributed by atoms with Crippen molar-refractivity contribution >= 4 is 0 Å². The van der Waals surface area contributed by atoms with E-state index in [4.69, 9.17) is 4.74 Å². The zero-order valence-corrected chi connectivity index (χ0v) is 12.3. The molecular formula is C18H26O. The van der Waals surface area contributed by atoms with Crippen LogP contribution in [0, 0.1) is 5.92 Å². The van der Waals surface area contributed by atoms with Gasteiger partial charge in [-0.3, -0.25) is 0 Å². The van der Waals surface area contributed by atoms with Gasteiger partial charge in [-0.1, -0.05) is 43.3 Å². The first-order chi connectivity index (χ1) is 9.33. The number of allylic oxidation sites excluding steroid dienone is 2. The Labute approximate surface area is 117 Å². The van der Waals surface area contributed by atoms with Gasteiger partial charge in [-0.25, -0.2) is 0 Å². The van der Waals surface area contributed by atoms with Gasteiger partial charge in [-0.05, 0) is 55.1 Å². The molecule has 0 spiro atoms. The number of benzene rings is 1. The molecule has 0 atom stereocenters. The number of rotatable bonds is 5. The summed E-state index contributed by atoms with van der Waals surface area (Å²) < 4.78 is 5.16. The highest BCUT2D eigenvalue weighted by Gasteiger charge is 2.20. The van der Waals surface area contributed by atoms with Crippen LogP contribution in [-0.2, 0) is 11.3 Å². The molecule has 0 saturated heterocycles. The summed E-state index contributed by atoms with van der Waals surface area (Å²) in [6, 6.07) is 9.01. The average molecular weight is 258 g/mol. The monoisotopic (exact) mass is 258 g/mol. The van der Waals surface area contributed by atoms with E-state index in [2.05, 4.69) is 43.3 Å². The Morgan fingerprint density at radius 1 is 1.11 bits per heavy atom. The molecule has 19 heavy (non-hydrogen) atoms. The molecule has 0 radical (unpaired) electrons. The maximum absolute atomic E-state index is 5.16. The molecule has 0 heterocycles. The molecule has 1 aromatic rings. The molecule has 1 nitrogen and oxygen atoms in total. The molecule has 1 aliphatic rings. The number of hydrogen-bond donors (Lipinski definition) is 0. The van der Waals surface area contributed by atoms with Crippen LogP contribution in [0.25, 0.3) is 0 Å². The molecule has 1 fully saturated rings. The Hall–Kier alpha value is -1.08. The predicted octanol–water partition coefficient (Wildman–Crippen LogP) is 5.07. The summed E-state index contributed by atoms with van der Waals surface area (Å²) >= 11 is 0. The minimum atomic E-state index is 0.717. The van der Waals surface area contributed by atoms with Crippen molar-refractivity contribution < 1.29 is 4.74 Å². The largest absolute Gasteiger partial charge is 0.380 e. The summed E-state index contributed by atoms with van der Waals surface area (Å²) in [4.78, 5) is 0. The van der Waals surface area contributed by atoms with Crippen LogP contribution in [0.2, 0.25) is 0 Å². The van der Waals surface area contributed by atoms with Gasteiger partial charge in [0.2, 0.25) is 0 Å². The van der Waals surface area contributed by atoms with Crippen molar-refractivity contribution in [3.05, 3.63) is 47.5 Å². The maximum atomic E-state index is 5.16. The first-order valence-corrected chi connectivity index (χ1v) is 7.58. The minimum Gasteiger partial charge on any atom is -0.380 e. The quantitative estimate of drug-likeness (QED) is 0.670. The van der Waals surface area contributed by atoms with E-state index in [1.54, 1.807) is 7.11 Å². The van der Waals surface area contributed by atoms with Crippen LogP contribution in [0.1, 0.15) is 56.1 Å². The molecule has 0 unspecified atom stereocenters. The van der Waals surface area contributed by atoms with Gasteiger partial charge < -0.3 is 4.74 Å². The van der Waals surface area contributed by atoms with E-state index >= 15 is 0 Å². The Kier molecular flexibility index (Phi) is 5.65. The van der Waals surface area contributed by atoms with E-state index in [9.17, 15) is 0 Å². The van der Waals surface area contributed by atoms with Crippen LogP contribution in [0.4, 0.5) is 0 Å². The third-order valence-corrected chi connectivity index (χ3v) is 4.18. The van der Waals surface area contributed by atoms with Crippen molar-refractivity contribution in [2.45, 2.75) is 51.6 Å². The van der Waals surface area contributed by atoms with Crippen molar-refractivity contribution in [3.8, 4) is 0 Å². The molecule has 0 aliphatic heterocycles. The summed E-state index contributed by atoms with van der Waals surface area (Å²) in [5, 5.41) is 0. The molecule has 1 saturated carbocycles. The molecule has 2 rings (SSSR count). The molecule has 0 aromatic heterocycles. The van der Waals surface area contributed by atoms with Gasteiger partial charge >= 0.3 is 0 Å². The first kappa shape index (κ1) is 14.3. The first-order valence-electron chi connectivity index (χ1n) is 7.58. The van der Waals surface area contributed by atoms with Crippen molar-refractivity contribution in [1.82, 2.24) is 0 Å². The summed E-state index contributed by atoms with van der Waals surface area (Å²) in [5.41, 5.74) is 2.78. The van der Waals surface area contributed by atoms with Crippen molar-refractivity contribution in [1.29, 1.82) is 0 Å². The lowest BCUT2D eigenvalue weighted by molar-refractivity contribution is 0.185. The zero-order valence-electron chi connectivity index (χ0n) is 12.3. The fourth-order valence-corrected chi connectivity index (χ4v) is 3.03. The van der Waals surface area contributed by atoms with Gasteiger partial charge in [-0.2, -0.15) is 0 Å². The van der Waals surface area contributed by atoms with E-state index in [1.165, 1.54) is 43.2 Å². The van der Waals surface area contributed by atoms with Crippen LogP contribution in [0.5, 0.6) is 0 Å². The lowest BCUT2D eigenvalue weighted by atomic mass is 9.78. The molecule has 0 amide bonds. The zero-order chi connectivity index (χ0) is 13.5. The second-order valence-corrected chi connectivity index (χ2v) is 5.62. The highest BCUT2D eigenvalue weighted by Crippen LogP contribution is 2.36. The van der Waals surface area contributed by atoms with Gasteiger partial charge in [0, 0.05) is 7.11 Å². The van der Waals surface area contributed by atoms with Crippen LogP contribution >= 0.6 is 0 Å². The standard InChI is InChI=1S/C18H26O/c1-3-4-5-15-6-10-17(11-7-15)18-12-8-16(9-13-18)14-19-2/h4-5,8-9,12-13,15,17H,3,6-7,10-11,14H2,1-2H3. The molecule has 1 heteroatoms. The normalized spacial score (nSPS) is 23.9. The maximum Gasteiger partial charge on any atom is 0.0713 e. The molecule has 0 bridgehead atoms. The SMILES string of the molecule is CCC=CC1CCC(c2ccc(COC)cc2)CC1. The van der Waals surface area contributed by atoms with Crippen LogP contribution in [0.3, 0.4) is 0 Å². The van der Waals surface area contributed by atoms with Gasteiger partial charge in [0.1, 0.15) is 0 Å². The Bertz CT molecular complexity index is 383. The van der Waals surface area contributed by atoms with E-state index < -0.39 is 0 Å². The summed E-state index contributed by atoms with van der Waals surface area (Å²) in [5.74, 6) is 1.59. The topological polar surface area (TPSA) is 9.23 Å². The molecule has 1 aromatic carbocycles. The van der Waals surface area contributed by atoms with Crippen molar-refractivity contribution in [3.63, 3.8) is 0 Å². The van der Waals surface area contributed by atoms with E-state index in [-0.39, 0.29) is 0 Å². The smallest absolute Gasteiger partial charge is 0.0713 e. The predicted molar refractivity (Wildman–Crippen MR) is 81.3 cm³/mol. The van der Waals surface area contributed by atoms with Gasteiger partial charge in [0.05, 0.1) is 6.61 Å². The lowest BCUT2D eigenvalue weighted by Gasteiger charge is -2.27. The Morgan fingerprint density at radius 3 is 2.37 bits per heavy atom. The van der Waals surface area contributed by atoms with E-state index in [0.717, 1.165) is 18.4 Å². The van der Waals surface area contributed by atoms with Crippen LogP contribution < -0.4 is 0 Å². The van der Waals surface area contributed by atoms with E-state index in [1.807, 2.05) is 0 Å². The highest BCUT2D eigenvalue weighted by atomic mass is 16.5. The summed E-state index contributed by atoms with van der Waals surface area (Å²) in [6.45, 7) is 2.93. The van der Waals surface area contributed by atoms with Gasteiger partial charge in [0.15, 0.2) is 0 Å². The van der Waals surface area contributed by atoms with Crippen molar-refractivity contribution in [2.75, 3.05) is 7.11 Å². The minimum absolute atomic E-state index is 0.717. The fraction of sp³-hybridized carbons (Fsp3) is 0.556.